The van der Waals surface area contributed by atoms with E-state index in [-0.39, 0.29) is 0 Å². The van der Waals surface area contributed by atoms with Crippen molar-refractivity contribution in [3.05, 3.63) is 35.9 Å². The number of nitrogens with zero attached hydrogens (tertiary/aromatic N) is 3. The predicted molar refractivity (Wildman–Crippen MR) is 74.2 cm³/mol. The van der Waals surface area contributed by atoms with Crippen LogP contribution in [0.4, 0.5) is 11.8 Å². The van der Waals surface area contributed by atoms with Crippen LogP contribution in [0.15, 0.2) is 28.9 Å². The second kappa shape index (κ2) is 4.91. The smallest absolute Gasteiger partial charge is 0.224 e. The van der Waals surface area contributed by atoms with Gasteiger partial charge >= 0.3 is 0 Å². The van der Waals surface area contributed by atoms with Gasteiger partial charge in [-0.15, -0.1) is 0 Å². The maximum atomic E-state index is 5.45. The molecule has 1 aliphatic rings. The molecule has 2 aromatic rings. The zero-order valence-electron chi connectivity index (χ0n) is 11.3. The zero-order valence-corrected chi connectivity index (χ0v) is 11.3. The Morgan fingerprint density at radius 1 is 1.42 bits per heavy atom. The molecule has 1 N–H and O–H groups in total. The standard InChI is InChI=1S/C14H18N4O/c1-10-8-13(17-14(15-2)16-10)18(11-5-6-11)9-12-4-3-7-19-12/h3-4,7-8,11H,5-6,9H2,1-2H3,(H,15,16,17). The molecule has 1 aliphatic carbocycles. The molecule has 2 heterocycles. The van der Waals surface area contributed by atoms with Crippen LogP contribution in [0.1, 0.15) is 24.3 Å². The molecule has 5 nitrogen and oxygen atoms in total. The van der Waals surface area contributed by atoms with Gasteiger partial charge in [-0.3, -0.25) is 0 Å². The first-order valence-corrected chi connectivity index (χ1v) is 6.59. The average molecular weight is 258 g/mol. The number of nitrogens with one attached hydrogen (secondary N) is 1. The minimum atomic E-state index is 0.573. The van der Waals surface area contributed by atoms with E-state index in [1.165, 1.54) is 12.8 Å². The Morgan fingerprint density at radius 2 is 2.26 bits per heavy atom. The van der Waals surface area contributed by atoms with E-state index in [1.807, 2.05) is 32.2 Å². The molecule has 0 bridgehead atoms. The molecule has 2 aromatic heterocycles. The summed E-state index contributed by atoms with van der Waals surface area (Å²) in [7, 11) is 1.84. The molecule has 0 atom stereocenters. The van der Waals surface area contributed by atoms with Gasteiger partial charge in [-0.2, -0.15) is 4.98 Å². The van der Waals surface area contributed by atoms with Gasteiger partial charge < -0.3 is 14.6 Å². The molecule has 5 heteroatoms. The van der Waals surface area contributed by atoms with Crippen LogP contribution < -0.4 is 10.2 Å². The molecule has 1 fully saturated rings. The van der Waals surface area contributed by atoms with Crippen LogP contribution in [0.5, 0.6) is 0 Å². The summed E-state index contributed by atoms with van der Waals surface area (Å²) in [6, 6.07) is 6.53. The largest absolute Gasteiger partial charge is 0.467 e. The van der Waals surface area contributed by atoms with Crippen LogP contribution in [-0.2, 0) is 6.54 Å². The summed E-state index contributed by atoms with van der Waals surface area (Å²) >= 11 is 0. The quantitative estimate of drug-likeness (QED) is 0.893. The Bertz CT molecular complexity index is 549. The Morgan fingerprint density at radius 3 is 2.89 bits per heavy atom. The van der Waals surface area contributed by atoms with E-state index in [0.717, 1.165) is 23.8 Å². The van der Waals surface area contributed by atoms with E-state index in [1.54, 1.807) is 6.26 Å². The topological polar surface area (TPSA) is 54.2 Å². The van der Waals surface area contributed by atoms with E-state index >= 15 is 0 Å². The van der Waals surface area contributed by atoms with E-state index in [9.17, 15) is 0 Å². The van der Waals surface area contributed by atoms with Gasteiger partial charge in [0.25, 0.3) is 0 Å². The van der Waals surface area contributed by atoms with Crippen molar-refractivity contribution in [2.75, 3.05) is 17.3 Å². The highest BCUT2D eigenvalue weighted by molar-refractivity contribution is 5.46. The summed E-state index contributed by atoms with van der Waals surface area (Å²) in [5.41, 5.74) is 0.972. The van der Waals surface area contributed by atoms with Crippen molar-refractivity contribution in [3.63, 3.8) is 0 Å². The molecule has 0 spiro atoms. The molecule has 0 amide bonds. The number of furan rings is 1. The average Bonchev–Trinajstić information content (AvgIpc) is 3.12. The Balaban J connectivity index is 1.89. The first kappa shape index (κ1) is 12.0. The summed E-state index contributed by atoms with van der Waals surface area (Å²) in [4.78, 5) is 11.2. The fraction of sp³-hybridized carbons (Fsp3) is 0.429. The summed E-state index contributed by atoms with van der Waals surface area (Å²) in [6.07, 6.45) is 4.15. The molecule has 0 unspecified atom stereocenters. The number of hydrogen-bond donors (Lipinski definition) is 1. The maximum absolute atomic E-state index is 5.45. The van der Waals surface area contributed by atoms with E-state index in [4.69, 9.17) is 4.42 Å². The highest BCUT2D eigenvalue weighted by atomic mass is 16.3. The first-order valence-electron chi connectivity index (χ1n) is 6.59. The number of hydrogen-bond acceptors (Lipinski definition) is 5. The normalized spacial score (nSPS) is 14.4. The second-order valence-electron chi connectivity index (χ2n) is 4.88. The van der Waals surface area contributed by atoms with E-state index in [0.29, 0.717) is 12.0 Å². The van der Waals surface area contributed by atoms with Crippen molar-refractivity contribution >= 4 is 11.8 Å². The highest BCUT2D eigenvalue weighted by Gasteiger charge is 2.31. The van der Waals surface area contributed by atoms with Crippen LogP contribution in [0.2, 0.25) is 0 Å². The SMILES string of the molecule is CNc1nc(C)cc(N(Cc2ccco2)C2CC2)n1. The number of aryl methyl sites for hydroxylation is 1. The van der Waals surface area contributed by atoms with Crippen molar-refractivity contribution in [2.24, 2.45) is 0 Å². The molecule has 0 aromatic carbocycles. The van der Waals surface area contributed by atoms with Crippen molar-refractivity contribution in [1.29, 1.82) is 0 Å². The third-order valence-electron chi connectivity index (χ3n) is 3.25. The molecule has 0 radical (unpaired) electrons. The van der Waals surface area contributed by atoms with Crippen LogP contribution >= 0.6 is 0 Å². The van der Waals surface area contributed by atoms with Gasteiger partial charge in [0.05, 0.1) is 12.8 Å². The van der Waals surface area contributed by atoms with Crippen LogP contribution in [0.3, 0.4) is 0 Å². The minimum absolute atomic E-state index is 0.573. The minimum Gasteiger partial charge on any atom is -0.467 e. The number of aromatic nitrogens is 2. The van der Waals surface area contributed by atoms with E-state index in [2.05, 4.69) is 20.2 Å². The lowest BCUT2D eigenvalue weighted by atomic mass is 10.3. The lowest BCUT2D eigenvalue weighted by Crippen LogP contribution is -2.26. The summed E-state index contributed by atoms with van der Waals surface area (Å²) in [5, 5.41) is 3.01. The van der Waals surface area contributed by atoms with Gasteiger partial charge in [0.15, 0.2) is 0 Å². The van der Waals surface area contributed by atoms with Gasteiger partial charge in [-0.05, 0) is 31.9 Å². The Hall–Kier alpha value is -2.04. The van der Waals surface area contributed by atoms with Gasteiger partial charge in [0, 0.05) is 24.8 Å². The predicted octanol–water partition coefficient (Wildman–Crippen LogP) is 2.59. The van der Waals surface area contributed by atoms with Gasteiger partial charge in [-0.1, -0.05) is 0 Å². The maximum Gasteiger partial charge on any atom is 0.224 e. The summed E-state index contributed by atoms with van der Waals surface area (Å²) in [5.74, 6) is 2.60. The van der Waals surface area contributed by atoms with Gasteiger partial charge in [0.2, 0.25) is 5.95 Å². The van der Waals surface area contributed by atoms with Crippen molar-refractivity contribution in [2.45, 2.75) is 32.4 Å². The zero-order chi connectivity index (χ0) is 13.2. The molecule has 3 rings (SSSR count). The third kappa shape index (κ3) is 2.70. The number of anilines is 2. The van der Waals surface area contributed by atoms with Crippen molar-refractivity contribution in [1.82, 2.24) is 9.97 Å². The fourth-order valence-electron chi connectivity index (χ4n) is 2.16. The molecular weight excluding hydrogens is 240 g/mol. The van der Waals surface area contributed by atoms with Gasteiger partial charge in [-0.25, -0.2) is 4.98 Å². The highest BCUT2D eigenvalue weighted by Crippen LogP contribution is 2.32. The van der Waals surface area contributed by atoms with Crippen LogP contribution in [0, 0.1) is 6.92 Å². The lowest BCUT2D eigenvalue weighted by molar-refractivity contribution is 0.500. The molecule has 0 aliphatic heterocycles. The van der Waals surface area contributed by atoms with E-state index < -0.39 is 0 Å². The van der Waals surface area contributed by atoms with Crippen LogP contribution in [0.25, 0.3) is 0 Å². The molecular formula is C14H18N4O. The molecule has 0 saturated heterocycles. The van der Waals surface area contributed by atoms with Crippen LogP contribution in [-0.4, -0.2) is 23.1 Å². The molecule has 1 saturated carbocycles. The first-order chi connectivity index (χ1) is 9.26. The van der Waals surface area contributed by atoms with Gasteiger partial charge in [0.1, 0.15) is 11.6 Å². The molecule has 19 heavy (non-hydrogen) atoms. The third-order valence-corrected chi connectivity index (χ3v) is 3.25. The Labute approximate surface area is 112 Å². The number of rotatable bonds is 5. The molecule has 100 valence electrons. The second-order valence-corrected chi connectivity index (χ2v) is 4.88. The summed E-state index contributed by atoms with van der Waals surface area (Å²) in [6.45, 7) is 2.75. The summed E-state index contributed by atoms with van der Waals surface area (Å²) < 4.78 is 5.45. The fourth-order valence-corrected chi connectivity index (χ4v) is 2.16. The van der Waals surface area contributed by atoms with Crippen molar-refractivity contribution < 1.29 is 4.42 Å². The lowest BCUT2D eigenvalue weighted by Gasteiger charge is -2.23. The monoisotopic (exact) mass is 258 g/mol. The Kier molecular flexibility index (Phi) is 3.11. The van der Waals surface area contributed by atoms with Crippen molar-refractivity contribution in [3.8, 4) is 0 Å².